The van der Waals surface area contributed by atoms with E-state index >= 15 is 0 Å². The molecular formula is C29H27Cl2F3N4O4. The van der Waals surface area contributed by atoms with E-state index in [1.807, 2.05) is 0 Å². The molecule has 0 bridgehead atoms. The van der Waals surface area contributed by atoms with Crippen LogP contribution in [0.4, 0.5) is 30.5 Å². The summed E-state index contributed by atoms with van der Waals surface area (Å²) in [5, 5.41) is 12.7. The van der Waals surface area contributed by atoms with Crippen LogP contribution in [-0.2, 0) is 18.4 Å². The van der Waals surface area contributed by atoms with Crippen molar-refractivity contribution in [2.45, 2.75) is 33.7 Å². The lowest BCUT2D eigenvalue weighted by molar-refractivity contribution is -0.128. The first-order chi connectivity index (χ1) is 19.7. The summed E-state index contributed by atoms with van der Waals surface area (Å²) in [7, 11) is 1.63. The highest BCUT2D eigenvalue weighted by molar-refractivity contribution is 6.33. The number of aromatic carboxylic acids is 1. The second-order valence-corrected chi connectivity index (χ2v) is 11.3. The summed E-state index contributed by atoms with van der Waals surface area (Å²) in [4.78, 5) is 30.6. The summed E-state index contributed by atoms with van der Waals surface area (Å²) in [6.07, 6.45) is -2.81. The minimum Gasteiger partial charge on any atom is -0.487 e. The molecule has 0 saturated heterocycles. The number of alkyl halides is 2. The molecule has 1 heterocycles. The van der Waals surface area contributed by atoms with Gasteiger partial charge >= 0.3 is 5.97 Å². The Morgan fingerprint density at radius 1 is 1.10 bits per heavy atom. The number of ether oxygens (including phenoxy) is 1. The van der Waals surface area contributed by atoms with E-state index in [1.54, 1.807) is 55.5 Å². The van der Waals surface area contributed by atoms with Crippen LogP contribution in [0.1, 0.15) is 36.7 Å². The molecule has 0 aliphatic rings. The predicted molar refractivity (Wildman–Crippen MR) is 155 cm³/mol. The summed E-state index contributed by atoms with van der Waals surface area (Å²) in [6, 6.07) is 11.6. The molecule has 4 rings (SSSR count). The molecule has 8 nitrogen and oxygen atoms in total. The second-order valence-electron chi connectivity index (χ2n) is 10.5. The number of rotatable bonds is 9. The number of nitrogens with one attached hydrogen (secondary N) is 1. The fourth-order valence-corrected chi connectivity index (χ4v) is 4.50. The van der Waals surface area contributed by atoms with Crippen LogP contribution in [0.15, 0.2) is 48.5 Å². The molecule has 0 saturated carbocycles. The minimum atomic E-state index is -2.81. The Labute approximate surface area is 249 Å². The normalized spacial score (nSPS) is 11.7. The molecule has 42 heavy (non-hydrogen) atoms. The number of aromatic nitrogens is 2. The molecule has 0 aliphatic carbocycles. The highest BCUT2D eigenvalue weighted by atomic mass is 35.5. The summed E-state index contributed by atoms with van der Waals surface area (Å²) >= 11 is 12.8. The van der Waals surface area contributed by atoms with Crippen LogP contribution in [0.3, 0.4) is 0 Å². The number of nitrogens with zero attached hydrogens (tertiary/aromatic N) is 3. The van der Waals surface area contributed by atoms with Gasteiger partial charge in [0.2, 0.25) is 11.9 Å². The lowest BCUT2D eigenvalue weighted by Crippen LogP contribution is -2.34. The molecular weight excluding hydrogens is 596 g/mol. The average Bonchev–Trinajstić information content (AvgIpc) is 3.23. The standard InChI is InChI=1S/C29H27Cl2F3N4O4/c1-29(2,3)27(41)35-13-15-5-7-18(30)22(9-15)38(16-6-8-20(32)19(31)10-16)28-36-21-11-17(26(39)40)24(42-14-25(33)34)12-23(21)37(28)4/h5-12,25H,13-14H2,1-4H3,(H,35,41)(H,39,40). The van der Waals surface area contributed by atoms with Crippen LogP contribution in [0.25, 0.3) is 11.0 Å². The highest BCUT2D eigenvalue weighted by Crippen LogP contribution is 2.41. The zero-order chi connectivity index (χ0) is 30.9. The number of amides is 1. The van der Waals surface area contributed by atoms with E-state index < -0.39 is 30.2 Å². The van der Waals surface area contributed by atoms with Crippen molar-refractivity contribution in [3.05, 3.63) is 75.5 Å². The van der Waals surface area contributed by atoms with E-state index in [4.69, 9.17) is 27.9 Å². The van der Waals surface area contributed by atoms with Gasteiger partial charge in [0.15, 0.2) is 0 Å². The number of carbonyl (C=O) groups excluding carboxylic acids is 1. The van der Waals surface area contributed by atoms with Crippen molar-refractivity contribution in [1.29, 1.82) is 0 Å². The fourth-order valence-electron chi connectivity index (χ4n) is 4.12. The van der Waals surface area contributed by atoms with Crippen molar-refractivity contribution in [3.8, 4) is 5.75 Å². The molecule has 2 N–H and O–H groups in total. The van der Waals surface area contributed by atoms with E-state index in [0.717, 1.165) is 0 Å². The monoisotopic (exact) mass is 622 g/mol. The Hall–Kier alpha value is -3.96. The Balaban J connectivity index is 1.89. The number of imidazole rings is 1. The Morgan fingerprint density at radius 2 is 1.81 bits per heavy atom. The van der Waals surface area contributed by atoms with E-state index in [2.05, 4.69) is 10.3 Å². The number of halogens is 5. The third-order valence-corrected chi connectivity index (χ3v) is 6.91. The number of carbonyl (C=O) groups is 2. The molecule has 0 spiro atoms. The summed E-state index contributed by atoms with van der Waals surface area (Å²) in [6.45, 7) is 4.57. The molecule has 222 valence electrons. The lowest BCUT2D eigenvalue weighted by Gasteiger charge is -2.26. The summed E-state index contributed by atoms with van der Waals surface area (Å²) in [5.74, 6) is -2.23. The van der Waals surface area contributed by atoms with Gasteiger partial charge in [-0.2, -0.15) is 0 Å². The number of aryl methyl sites for hydroxylation is 1. The van der Waals surface area contributed by atoms with Gasteiger partial charge in [-0.1, -0.05) is 50.0 Å². The van der Waals surface area contributed by atoms with Crippen LogP contribution < -0.4 is 15.0 Å². The van der Waals surface area contributed by atoms with Gasteiger partial charge in [-0.25, -0.2) is 22.9 Å². The van der Waals surface area contributed by atoms with E-state index in [9.17, 15) is 27.9 Å². The van der Waals surface area contributed by atoms with Crippen LogP contribution in [0.2, 0.25) is 10.0 Å². The van der Waals surface area contributed by atoms with Gasteiger partial charge in [0, 0.05) is 25.1 Å². The van der Waals surface area contributed by atoms with Crippen molar-refractivity contribution in [2.75, 3.05) is 11.5 Å². The molecule has 0 radical (unpaired) electrons. The van der Waals surface area contributed by atoms with Crippen molar-refractivity contribution < 1.29 is 32.6 Å². The number of hydrogen-bond donors (Lipinski definition) is 2. The van der Waals surface area contributed by atoms with Gasteiger partial charge in [0.25, 0.3) is 6.43 Å². The number of hydrogen-bond acceptors (Lipinski definition) is 5. The van der Waals surface area contributed by atoms with Gasteiger partial charge in [-0.15, -0.1) is 0 Å². The van der Waals surface area contributed by atoms with Crippen molar-refractivity contribution in [1.82, 2.24) is 14.9 Å². The third kappa shape index (κ3) is 6.57. The maximum absolute atomic E-state index is 14.2. The summed E-state index contributed by atoms with van der Waals surface area (Å²) < 4.78 is 46.5. The van der Waals surface area contributed by atoms with Crippen LogP contribution in [0, 0.1) is 11.2 Å². The van der Waals surface area contributed by atoms with Crippen molar-refractivity contribution in [2.24, 2.45) is 12.5 Å². The van der Waals surface area contributed by atoms with Gasteiger partial charge in [0.1, 0.15) is 23.7 Å². The zero-order valence-corrected chi connectivity index (χ0v) is 24.5. The van der Waals surface area contributed by atoms with E-state index in [1.165, 1.54) is 30.3 Å². The molecule has 3 aromatic carbocycles. The quantitative estimate of drug-likeness (QED) is 0.201. The Morgan fingerprint density at radius 3 is 2.43 bits per heavy atom. The molecule has 0 atom stereocenters. The first-order valence-electron chi connectivity index (χ1n) is 12.6. The smallest absolute Gasteiger partial charge is 0.339 e. The highest BCUT2D eigenvalue weighted by Gasteiger charge is 2.26. The van der Waals surface area contributed by atoms with Gasteiger partial charge < -0.3 is 19.7 Å². The number of carboxylic acids is 1. The summed E-state index contributed by atoms with van der Waals surface area (Å²) in [5.41, 5.74) is 1.09. The minimum absolute atomic E-state index is 0.157. The van der Waals surface area contributed by atoms with Gasteiger partial charge in [-0.05, 0) is 42.0 Å². The zero-order valence-electron chi connectivity index (χ0n) is 23.0. The third-order valence-electron chi connectivity index (χ3n) is 6.30. The molecule has 0 fully saturated rings. The fraction of sp³-hybridized carbons (Fsp3) is 0.276. The number of carboxylic acid groups (broad SMARTS) is 1. The van der Waals surface area contributed by atoms with E-state index in [0.29, 0.717) is 22.5 Å². The Kier molecular flexibility index (Phi) is 8.93. The maximum atomic E-state index is 14.2. The van der Waals surface area contributed by atoms with Gasteiger partial charge in [0.05, 0.1) is 32.5 Å². The van der Waals surface area contributed by atoms with Gasteiger partial charge in [-0.3, -0.25) is 9.69 Å². The lowest BCUT2D eigenvalue weighted by atomic mass is 9.95. The molecule has 0 aliphatic heterocycles. The van der Waals surface area contributed by atoms with E-state index in [-0.39, 0.29) is 45.3 Å². The molecule has 4 aromatic rings. The van der Waals surface area contributed by atoms with Crippen LogP contribution in [0.5, 0.6) is 5.75 Å². The number of fused-ring (bicyclic) bond motifs is 1. The maximum Gasteiger partial charge on any atom is 0.339 e. The van der Waals surface area contributed by atoms with Crippen molar-refractivity contribution in [3.63, 3.8) is 0 Å². The molecule has 13 heteroatoms. The predicted octanol–water partition coefficient (Wildman–Crippen LogP) is 7.49. The van der Waals surface area contributed by atoms with Crippen molar-refractivity contribution >= 4 is 63.4 Å². The topological polar surface area (TPSA) is 96.7 Å². The molecule has 1 aromatic heterocycles. The molecule has 0 unspecified atom stereocenters. The average molecular weight is 623 g/mol. The first-order valence-corrected chi connectivity index (χ1v) is 13.4. The Bertz CT molecular complexity index is 1670. The largest absolute Gasteiger partial charge is 0.487 e. The number of benzene rings is 3. The first kappa shape index (κ1) is 31.0. The molecule has 1 amide bonds. The second kappa shape index (κ2) is 12.1. The number of anilines is 3. The van der Waals surface area contributed by atoms with Crippen LogP contribution in [-0.4, -0.2) is 39.6 Å². The SMILES string of the molecule is Cn1c(N(c2ccc(F)c(Cl)c2)c2cc(CNC(=O)C(C)(C)C)ccc2Cl)nc2cc(C(=O)O)c(OCC(F)F)cc21. The van der Waals surface area contributed by atoms with Crippen LogP contribution >= 0.6 is 23.2 Å².